The molecule has 0 saturated carbocycles. The summed E-state index contributed by atoms with van der Waals surface area (Å²) in [7, 11) is 1.47. The summed E-state index contributed by atoms with van der Waals surface area (Å²) in [6.07, 6.45) is -0.824. The second-order valence-electron chi connectivity index (χ2n) is 4.79. The standard InChI is InChI=1S/C16H13NO5/c1-22-11-6-5-10-3-2-4-13(12(10)7-11)16(9-17,15(20)21)8-14(18)19/h2-7H,8H2,1H3,(H,18,19)(H,20,21). The molecule has 2 N–H and O–H groups in total. The molecule has 0 heterocycles. The average molecular weight is 299 g/mol. The van der Waals surface area contributed by atoms with Gasteiger partial charge < -0.3 is 14.9 Å². The van der Waals surface area contributed by atoms with Crippen LogP contribution in [0.25, 0.3) is 10.8 Å². The van der Waals surface area contributed by atoms with Crippen LogP contribution in [0, 0.1) is 11.3 Å². The van der Waals surface area contributed by atoms with Crippen molar-refractivity contribution in [3.05, 3.63) is 42.0 Å². The van der Waals surface area contributed by atoms with Gasteiger partial charge >= 0.3 is 11.9 Å². The summed E-state index contributed by atoms with van der Waals surface area (Å²) in [6.45, 7) is 0. The molecule has 2 rings (SSSR count). The van der Waals surface area contributed by atoms with Crippen molar-refractivity contribution < 1.29 is 24.5 Å². The third-order valence-electron chi connectivity index (χ3n) is 3.52. The van der Waals surface area contributed by atoms with Crippen molar-refractivity contribution in [2.24, 2.45) is 0 Å². The van der Waals surface area contributed by atoms with Gasteiger partial charge in [-0.1, -0.05) is 24.3 Å². The Morgan fingerprint density at radius 2 is 2.00 bits per heavy atom. The molecule has 0 aliphatic rings. The summed E-state index contributed by atoms with van der Waals surface area (Å²) >= 11 is 0. The van der Waals surface area contributed by atoms with E-state index >= 15 is 0 Å². The number of fused-ring (bicyclic) bond motifs is 1. The smallest absolute Gasteiger partial charge is 0.329 e. The topological polar surface area (TPSA) is 108 Å². The van der Waals surface area contributed by atoms with Gasteiger partial charge in [-0.25, -0.2) is 0 Å². The zero-order chi connectivity index (χ0) is 16.3. The number of hydrogen-bond donors (Lipinski definition) is 2. The fourth-order valence-corrected chi connectivity index (χ4v) is 2.41. The third-order valence-corrected chi connectivity index (χ3v) is 3.52. The van der Waals surface area contributed by atoms with Crippen LogP contribution in [0.4, 0.5) is 0 Å². The lowest BCUT2D eigenvalue weighted by atomic mass is 9.77. The highest BCUT2D eigenvalue weighted by atomic mass is 16.5. The number of nitriles is 1. The van der Waals surface area contributed by atoms with E-state index in [0.29, 0.717) is 16.5 Å². The summed E-state index contributed by atoms with van der Waals surface area (Å²) in [4.78, 5) is 22.7. The van der Waals surface area contributed by atoms with E-state index < -0.39 is 23.8 Å². The van der Waals surface area contributed by atoms with Gasteiger partial charge in [-0.15, -0.1) is 0 Å². The first kappa shape index (κ1) is 15.3. The van der Waals surface area contributed by atoms with Gasteiger partial charge in [0.15, 0.2) is 5.41 Å². The fourth-order valence-electron chi connectivity index (χ4n) is 2.41. The second-order valence-corrected chi connectivity index (χ2v) is 4.79. The average Bonchev–Trinajstić information content (AvgIpc) is 2.51. The minimum absolute atomic E-state index is 0.140. The molecule has 0 spiro atoms. The molecule has 2 aromatic rings. The van der Waals surface area contributed by atoms with E-state index in [1.165, 1.54) is 13.2 Å². The van der Waals surface area contributed by atoms with Crippen molar-refractivity contribution in [3.8, 4) is 11.8 Å². The van der Waals surface area contributed by atoms with E-state index in [0.717, 1.165) is 0 Å². The highest BCUT2D eigenvalue weighted by Crippen LogP contribution is 2.35. The summed E-state index contributed by atoms with van der Waals surface area (Å²) < 4.78 is 5.12. The van der Waals surface area contributed by atoms with Crippen molar-refractivity contribution in [1.29, 1.82) is 5.26 Å². The lowest BCUT2D eigenvalue weighted by Gasteiger charge is -2.22. The fraction of sp³-hybridized carbons (Fsp3) is 0.188. The number of methoxy groups -OCH3 is 1. The number of carboxylic acid groups (broad SMARTS) is 2. The Bertz CT molecular complexity index is 793. The number of rotatable bonds is 5. The molecule has 6 heteroatoms. The van der Waals surface area contributed by atoms with Gasteiger partial charge in [0.1, 0.15) is 5.75 Å². The lowest BCUT2D eigenvalue weighted by Crippen LogP contribution is -2.37. The Labute approximate surface area is 126 Å². The Morgan fingerprint density at radius 3 is 2.55 bits per heavy atom. The maximum absolute atomic E-state index is 11.7. The van der Waals surface area contributed by atoms with E-state index in [4.69, 9.17) is 9.84 Å². The summed E-state index contributed by atoms with van der Waals surface area (Å²) in [5.74, 6) is -2.36. The van der Waals surface area contributed by atoms with Gasteiger partial charge in [0, 0.05) is 0 Å². The van der Waals surface area contributed by atoms with Gasteiger partial charge in [-0.05, 0) is 28.5 Å². The molecule has 112 valence electrons. The van der Waals surface area contributed by atoms with Crippen molar-refractivity contribution in [1.82, 2.24) is 0 Å². The van der Waals surface area contributed by atoms with Crippen molar-refractivity contribution in [2.75, 3.05) is 7.11 Å². The zero-order valence-corrected chi connectivity index (χ0v) is 11.7. The first-order chi connectivity index (χ1) is 10.4. The SMILES string of the molecule is COc1ccc2cccc(C(C#N)(CC(=O)O)C(=O)O)c2c1. The predicted molar refractivity (Wildman–Crippen MR) is 77.7 cm³/mol. The zero-order valence-electron chi connectivity index (χ0n) is 11.7. The van der Waals surface area contributed by atoms with E-state index in [1.54, 1.807) is 36.4 Å². The van der Waals surface area contributed by atoms with Crippen LogP contribution in [0.15, 0.2) is 36.4 Å². The van der Waals surface area contributed by atoms with Crippen LogP contribution in [0.1, 0.15) is 12.0 Å². The van der Waals surface area contributed by atoms with Crippen LogP contribution in [-0.2, 0) is 15.0 Å². The number of benzene rings is 2. The third kappa shape index (κ3) is 2.44. The normalized spacial score (nSPS) is 13.1. The molecule has 0 aromatic heterocycles. The van der Waals surface area contributed by atoms with E-state index in [-0.39, 0.29) is 5.56 Å². The van der Waals surface area contributed by atoms with Gasteiger partial charge in [0.05, 0.1) is 19.6 Å². The lowest BCUT2D eigenvalue weighted by molar-refractivity contribution is -0.148. The van der Waals surface area contributed by atoms with Crippen LogP contribution in [0.3, 0.4) is 0 Å². The highest BCUT2D eigenvalue weighted by molar-refractivity contribution is 5.98. The van der Waals surface area contributed by atoms with Crippen LogP contribution in [-0.4, -0.2) is 29.3 Å². The first-order valence-corrected chi connectivity index (χ1v) is 6.38. The first-order valence-electron chi connectivity index (χ1n) is 6.38. The number of carboxylic acids is 2. The molecule has 0 amide bonds. The minimum atomic E-state index is -2.16. The van der Waals surface area contributed by atoms with Crippen molar-refractivity contribution in [2.45, 2.75) is 11.8 Å². The van der Waals surface area contributed by atoms with E-state index in [9.17, 15) is 20.0 Å². The second kappa shape index (κ2) is 5.74. The molecule has 0 aliphatic carbocycles. The Balaban J connectivity index is 2.82. The molecule has 0 aliphatic heterocycles. The van der Waals surface area contributed by atoms with E-state index in [2.05, 4.69) is 0 Å². The van der Waals surface area contributed by atoms with Crippen molar-refractivity contribution >= 4 is 22.7 Å². The molecular weight excluding hydrogens is 286 g/mol. The number of nitrogens with zero attached hydrogens (tertiary/aromatic N) is 1. The minimum Gasteiger partial charge on any atom is -0.497 e. The van der Waals surface area contributed by atoms with Gasteiger partial charge in [0.2, 0.25) is 0 Å². The Morgan fingerprint density at radius 1 is 1.27 bits per heavy atom. The van der Waals surface area contributed by atoms with Crippen LogP contribution in [0.2, 0.25) is 0 Å². The summed E-state index contributed by atoms with van der Waals surface area (Å²) in [5.41, 5.74) is -2.01. The van der Waals surface area contributed by atoms with Gasteiger partial charge in [0.25, 0.3) is 0 Å². The quantitative estimate of drug-likeness (QED) is 0.876. The molecule has 2 aromatic carbocycles. The molecule has 0 fully saturated rings. The molecule has 1 atom stereocenters. The van der Waals surface area contributed by atoms with Crippen LogP contribution < -0.4 is 4.74 Å². The van der Waals surface area contributed by atoms with Crippen LogP contribution in [0.5, 0.6) is 5.75 Å². The molecule has 6 nitrogen and oxygen atoms in total. The molecular formula is C16H13NO5. The molecule has 0 bridgehead atoms. The Hall–Kier alpha value is -3.07. The van der Waals surface area contributed by atoms with Crippen molar-refractivity contribution in [3.63, 3.8) is 0 Å². The largest absolute Gasteiger partial charge is 0.497 e. The maximum Gasteiger partial charge on any atom is 0.329 e. The Kier molecular flexibility index (Phi) is 4.00. The summed E-state index contributed by atoms with van der Waals surface area (Å²) in [5, 5.41) is 29.1. The molecule has 0 radical (unpaired) electrons. The van der Waals surface area contributed by atoms with Crippen LogP contribution >= 0.6 is 0 Å². The maximum atomic E-state index is 11.7. The summed E-state index contributed by atoms with van der Waals surface area (Å²) in [6, 6.07) is 11.5. The highest BCUT2D eigenvalue weighted by Gasteiger charge is 2.44. The molecule has 22 heavy (non-hydrogen) atoms. The monoisotopic (exact) mass is 299 g/mol. The number of ether oxygens (including phenoxy) is 1. The number of carbonyl (C=O) groups is 2. The van der Waals surface area contributed by atoms with Gasteiger partial charge in [-0.3, -0.25) is 9.59 Å². The number of hydrogen-bond acceptors (Lipinski definition) is 4. The number of aliphatic carboxylic acids is 2. The van der Waals surface area contributed by atoms with Gasteiger partial charge in [-0.2, -0.15) is 5.26 Å². The molecule has 1 unspecified atom stereocenters. The van der Waals surface area contributed by atoms with E-state index in [1.807, 2.05) is 0 Å². The molecule has 0 saturated heterocycles. The predicted octanol–water partition coefficient (Wildman–Crippen LogP) is 2.17.